The number of hydrogen-bond acceptors (Lipinski definition) is 4. The fraction of sp³-hybridized carbons (Fsp3) is 0.0400. The Labute approximate surface area is 182 Å². The Morgan fingerprint density at radius 3 is 2.38 bits per heavy atom. The predicted molar refractivity (Wildman–Crippen MR) is 126 cm³/mol. The summed E-state index contributed by atoms with van der Waals surface area (Å²) in [6, 6.07) is 21.0. The standard InChI is InChI=1S/C25H18N4O3/c1-16-19(20-6-2-4-8-22(20)26-16)14-15-24-27-23-9-5-3-7-21(23)25(30)28(24)17-10-12-18(13-11-17)29(31)32/h2-15,26H,1H3. The largest absolute Gasteiger partial charge is 0.358 e. The molecule has 5 rings (SSSR count). The van der Waals surface area contributed by atoms with Gasteiger partial charge in [0.1, 0.15) is 5.82 Å². The van der Waals surface area contributed by atoms with Gasteiger partial charge in [0, 0.05) is 34.3 Å². The Morgan fingerprint density at radius 2 is 1.62 bits per heavy atom. The van der Waals surface area contributed by atoms with Gasteiger partial charge < -0.3 is 4.98 Å². The van der Waals surface area contributed by atoms with Crippen LogP contribution in [-0.2, 0) is 0 Å². The molecule has 32 heavy (non-hydrogen) atoms. The topological polar surface area (TPSA) is 93.8 Å². The number of nitro benzene ring substituents is 1. The zero-order valence-corrected chi connectivity index (χ0v) is 17.1. The molecule has 0 atom stereocenters. The van der Waals surface area contributed by atoms with Gasteiger partial charge in [0.25, 0.3) is 11.2 Å². The molecule has 156 valence electrons. The molecular formula is C25H18N4O3. The van der Waals surface area contributed by atoms with Gasteiger partial charge in [-0.1, -0.05) is 30.3 Å². The third-order valence-corrected chi connectivity index (χ3v) is 5.46. The number of hydrogen-bond donors (Lipinski definition) is 1. The van der Waals surface area contributed by atoms with E-state index in [0.29, 0.717) is 22.4 Å². The van der Waals surface area contributed by atoms with Gasteiger partial charge in [0.05, 0.1) is 21.5 Å². The lowest BCUT2D eigenvalue weighted by atomic mass is 10.1. The smallest absolute Gasteiger partial charge is 0.269 e. The minimum atomic E-state index is -0.466. The second-order valence-electron chi connectivity index (χ2n) is 7.44. The first-order valence-electron chi connectivity index (χ1n) is 10.0. The molecular weight excluding hydrogens is 404 g/mol. The molecule has 0 saturated heterocycles. The second-order valence-corrected chi connectivity index (χ2v) is 7.44. The molecule has 0 aliphatic carbocycles. The zero-order valence-electron chi connectivity index (χ0n) is 17.1. The summed E-state index contributed by atoms with van der Waals surface area (Å²) in [7, 11) is 0. The third-order valence-electron chi connectivity index (χ3n) is 5.46. The van der Waals surface area contributed by atoms with Crippen molar-refractivity contribution in [2.75, 3.05) is 0 Å². The molecule has 0 spiro atoms. The summed E-state index contributed by atoms with van der Waals surface area (Å²) < 4.78 is 1.48. The molecule has 0 amide bonds. The Hall–Kier alpha value is -4.52. The molecule has 7 heteroatoms. The first-order valence-corrected chi connectivity index (χ1v) is 10.0. The summed E-state index contributed by atoms with van der Waals surface area (Å²) >= 11 is 0. The third kappa shape index (κ3) is 3.26. The van der Waals surface area contributed by atoms with E-state index in [1.165, 1.54) is 16.7 Å². The van der Waals surface area contributed by atoms with Crippen LogP contribution in [0.4, 0.5) is 5.69 Å². The highest BCUT2D eigenvalue weighted by Gasteiger charge is 2.13. The lowest BCUT2D eigenvalue weighted by Gasteiger charge is -2.11. The van der Waals surface area contributed by atoms with Crippen molar-refractivity contribution >= 4 is 39.6 Å². The Balaban J connectivity index is 1.72. The van der Waals surface area contributed by atoms with Crippen LogP contribution in [0.5, 0.6) is 0 Å². The monoisotopic (exact) mass is 422 g/mol. The van der Waals surface area contributed by atoms with Crippen LogP contribution in [0.2, 0.25) is 0 Å². The van der Waals surface area contributed by atoms with Crippen molar-refractivity contribution in [2.45, 2.75) is 6.92 Å². The highest BCUT2D eigenvalue weighted by atomic mass is 16.6. The maximum absolute atomic E-state index is 13.4. The molecule has 0 fully saturated rings. The summed E-state index contributed by atoms with van der Waals surface area (Å²) in [6.45, 7) is 2.00. The molecule has 0 bridgehead atoms. The Morgan fingerprint density at radius 1 is 0.938 bits per heavy atom. The number of nitro groups is 1. The molecule has 0 aliphatic heterocycles. The van der Waals surface area contributed by atoms with Crippen LogP contribution in [0.15, 0.2) is 77.6 Å². The number of aromatic nitrogens is 3. The van der Waals surface area contributed by atoms with E-state index in [2.05, 4.69) is 4.98 Å². The van der Waals surface area contributed by atoms with Crippen LogP contribution in [0.25, 0.3) is 39.6 Å². The van der Waals surface area contributed by atoms with Gasteiger partial charge in [-0.3, -0.25) is 19.5 Å². The molecule has 5 aromatic rings. The number of nitrogens with one attached hydrogen (secondary N) is 1. The van der Waals surface area contributed by atoms with Gasteiger partial charge in [-0.25, -0.2) is 4.98 Å². The maximum atomic E-state index is 13.4. The van der Waals surface area contributed by atoms with E-state index in [1.54, 1.807) is 36.4 Å². The van der Waals surface area contributed by atoms with Gasteiger partial charge in [-0.15, -0.1) is 0 Å². The van der Waals surface area contributed by atoms with Crippen LogP contribution < -0.4 is 5.56 Å². The van der Waals surface area contributed by atoms with Crippen molar-refractivity contribution in [3.8, 4) is 5.69 Å². The minimum Gasteiger partial charge on any atom is -0.358 e. The lowest BCUT2D eigenvalue weighted by Crippen LogP contribution is -2.22. The summed E-state index contributed by atoms with van der Waals surface area (Å²) in [5, 5.41) is 12.6. The molecule has 2 aromatic heterocycles. The summed E-state index contributed by atoms with van der Waals surface area (Å²) in [5.74, 6) is 0.437. The highest BCUT2D eigenvalue weighted by molar-refractivity contribution is 5.93. The molecule has 1 N–H and O–H groups in total. The van der Waals surface area contributed by atoms with Gasteiger partial charge in [0.15, 0.2) is 0 Å². The number of aryl methyl sites for hydroxylation is 1. The number of fused-ring (bicyclic) bond motifs is 2. The number of rotatable bonds is 4. The minimum absolute atomic E-state index is 0.0398. The second kappa shape index (κ2) is 7.63. The average Bonchev–Trinajstić information content (AvgIpc) is 3.13. The number of benzene rings is 3. The molecule has 3 aromatic carbocycles. The van der Waals surface area contributed by atoms with Crippen LogP contribution in [0.1, 0.15) is 17.1 Å². The van der Waals surface area contributed by atoms with Crippen LogP contribution >= 0.6 is 0 Å². The van der Waals surface area contributed by atoms with Crippen molar-refractivity contribution in [1.29, 1.82) is 0 Å². The molecule has 0 radical (unpaired) electrons. The van der Waals surface area contributed by atoms with E-state index in [0.717, 1.165) is 22.2 Å². The van der Waals surface area contributed by atoms with Crippen molar-refractivity contribution in [2.24, 2.45) is 0 Å². The first kappa shape index (κ1) is 19.4. The van der Waals surface area contributed by atoms with E-state index in [4.69, 9.17) is 4.98 Å². The molecule has 0 saturated carbocycles. The number of non-ortho nitro benzene ring substituents is 1. The number of aromatic amines is 1. The number of nitrogens with zero attached hydrogens (tertiary/aromatic N) is 3. The van der Waals surface area contributed by atoms with Gasteiger partial charge >= 0.3 is 0 Å². The van der Waals surface area contributed by atoms with Crippen molar-refractivity contribution in [3.63, 3.8) is 0 Å². The fourth-order valence-corrected chi connectivity index (χ4v) is 3.91. The van der Waals surface area contributed by atoms with Gasteiger partial charge in [-0.2, -0.15) is 0 Å². The SMILES string of the molecule is Cc1[nH]c2ccccc2c1C=Cc1nc2ccccc2c(=O)n1-c1ccc([N+](=O)[O-])cc1. The number of para-hydroxylation sites is 2. The molecule has 2 heterocycles. The summed E-state index contributed by atoms with van der Waals surface area (Å²) in [5.41, 5.74) is 3.87. The van der Waals surface area contributed by atoms with Gasteiger partial charge in [-0.05, 0) is 49.4 Å². The van der Waals surface area contributed by atoms with Crippen LogP contribution in [0, 0.1) is 17.0 Å². The van der Waals surface area contributed by atoms with E-state index in [9.17, 15) is 14.9 Å². The first-order chi connectivity index (χ1) is 15.5. The van der Waals surface area contributed by atoms with Crippen molar-refractivity contribution in [3.05, 3.63) is 110 Å². The quantitative estimate of drug-likeness (QED) is 0.316. The molecule has 7 nitrogen and oxygen atoms in total. The fourth-order valence-electron chi connectivity index (χ4n) is 3.91. The summed E-state index contributed by atoms with van der Waals surface area (Å²) in [6.07, 6.45) is 3.74. The Kier molecular flexibility index (Phi) is 4.63. The highest BCUT2D eigenvalue weighted by Crippen LogP contribution is 2.24. The van der Waals surface area contributed by atoms with E-state index >= 15 is 0 Å². The van der Waals surface area contributed by atoms with Crippen LogP contribution in [0.3, 0.4) is 0 Å². The zero-order chi connectivity index (χ0) is 22.2. The van der Waals surface area contributed by atoms with Gasteiger partial charge in [0.2, 0.25) is 0 Å². The van der Waals surface area contributed by atoms with E-state index in [1.807, 2.05) is 43.3 Å². The normalized spacial score (nSPS) is 11.5. The summed E-state index contributed by atoms with van der Waals surface area (Å²) in [4.78, 5) is 32.0. The molecule has 0 unspecified atom stereocenters. The predicted octanol–water partition coefficient (Wildman–Crippen LogP) is 5.25. The van der Waals surface area contributed by atoms with E-state index in [-0.39, 0.29) is 11.2 Å². The average molecular weight is 422 g/mol. The van der Waals surface area contributed by atoms with Crippen molar-refractivity contribution < 1.29 is 4.92 Å². The van der Waals surface area contributed by atoms with Crippen molar-refractivity contribution in [1.82, 2.24) is 14.5 Å². The number of H-pyrrole nitrogens is 1. The molecule has 0 aliphatic rings. The lowest BCUT2D eigenvalue weighted by molar-refractivity contribution is -0.384. The van der Waals surface area contributed by atoms with E-state index < -0.39 is 4.92 Å². The Bertz CT molecular complexity index is 1580. The maximum Gasteiger partial charge on any atom is 0.269 e. The van der Waals surface area contributed by atoms with Crippen LogP contribution in [-0.4, -0.2) is 19.5 Å².